The highest BCUT2D eigenvalue weighted by atomic mass is 35.5. The normalized spacial score (nSPS) is 20.3. The number of nitrogens with zero attached hydrogens (tertiary/aromatic N) is 1. The highest BCUT2D eigenvalue weighted by molar-refractivity contribution is 6.26. The van der Waals surface area contributed by atoms with Crippen LogP contribution in [0.2, 0.25) is 0 Å². The van der Waals surface area contributed by atoms with Gasteiger partial charge in [0.25, 0.3) is 0 Å². The fraction of sp³-hybridized carbons (Fsp3) is 0.167. The summed E-state index contributed by atoms with van der Waals surface area (Å²) in [4.78, 5) is 18.4. The van der Waals surface area contributed by atoms with Gasteiger partial charge in [0.05, 0.1) is 4.92 Å². The zero-order valence-electron chi connectivity index (χ0n) is 5.36. The number of ketones is 1. The third-order valence-corrected chi connectivity index (χ3v) is 1.63. The minimum atomic E-state index is -1.73. The zero-order valence-corrected chi connectivity index (χ0v) is 6.12. The van der Waals surface area contributed by atoms with Gasteiger partial charge in [0, 0.05) is 12.2 Å². The van der Waals surface area contributed by atoms with Crippen LogP contribution in [0, 0.1) is 10.1 Å². The fourth-order valence-electron chi connectivity index (χ4n) is 0.631. The predicted molar refractivity (Wildman–Crippen MR) is 38.9 cm³/mol. The van der Waals surface area contributed by atoms with Crippen molar-refractivity contribution in [1.82, 2.24) is 0 Å². The average molecular weight is 174 g/mol. The van der Waals surface area contributed by atoms with E-state index in [0.29, 0.717) is 0 Å². The second kappa shape index (κ2) is 2.47. The molecule has 0 aliphatic heterocycles. The first-order valence-corrected chi connectivity index (χ1v) is 3.18. The minimum absolute atomic E-state index is 0.289. The number of halogens is 1. The Morgan fingerprint density at radius 3 is 2.27 bits per heavy atom. The number of hydrogen-bond acceptors (Lipinski definition) is 3. The van der Waals surface area contributed by atoms with E-state index in [1.54, 1.807) is 0 Å². The van der Waals surface area contributed by atoms with E-state index in [-0.39, 0.29) is 5.78 Å². The van der Waals surface area contributed by atoms with E-state index in [1.165, 1.54) is 0 Å². The highest BCUT2D eigenvalue weighted by Gasteiger charge is 2.36. The molecule has 0 bridgehead atoms. The molecule has 0 spiro atoms. The average Bonchev–Trinajstić information content (AvgIpc) is 1.95. The molecule has 0 radical (unpaired) electrons. The first kappa shape index (κ1) is 7.94. The lowest BCUT2D eigenvalue weighted by Crippen LogP contribution is -2.28. The van der Waals surface area contributed by atoms with Crippen LogP contribution >= 0.6 is 11.6 Å². The van der Waals surface area contributed by atoms with Gasteiger partial charge in [0.2, 0.25) is 0 Å². The molecule has 0 saturated carbocycles. The molecule has 1 rings (SSSR count). The van der Waals surface area contributed by atoms with Crippen molar-refractivity contribution in [3.8, 4) is 0 Å². The van der Waals surface area contributed by atoms with Gasteiger partial charge in [-0.05, 0) is 23.8 Å². The Labute approximate surface area is 67.3 Å². The van der Waals surface area contributed by atoms with Gasteiger partial charge in [0.15, 0.2) is 5.78 Å². The summed E-state index contributed by atoms with van der Waals surface area (Å²) in [7, 11) is 0. The highest BCUT2D eigenvalue weighted by Crippen LogP contribution is 2.22. The molecule has 11 heavy (non-hydrogen) atoms. The number of allylic oxidation sites excluding steroid dienone is 2. The quantitative estimate of drug-likeness (QED) is 0.256. The molecule has 1 aliphatic carbocycles. The fourth-order valence-corrected chi connectivity index (χ4v) is 0.757. The third-order valence-electron chi connectivity index (χ3n) is 1.24. The zero-order chi connectivity index (χ0) is 8.48. The van der Waals surface area contributed by atoms with Crippen LogP contribution < -0.4 is 0 Å². The Bertz CT molecular complexity index is 253. The molecular formula is C6H4ClNO3. The first-order valence-electron chi connectivity index (χ1n) is 2.80. The second-order valence-electron chi connectivity index (χ2n) is 2.05. The Morgan fingerprint density at radius 1 is 1.45 bits per heavy atom. The summed E-state index contributed by atoms with van der Waals surface area (Å²) < 4.78 is 0. The summed E-state index contributed by atoms with van der Waals surface area (Å²) in [6.07, 6.45) is 4.26. The van der Waals surface area contributed by atoms with Crippen molar-refractivity contribution >= 4 is 17.4 Å². The molecule has 0 fully saturated rings. The smallest absolute Gasteiger partial charge is 0.290 e. The van der Waals surface area contributed by atoms with Gasteiger partial charge in [-0.3, -0.25) is 14.9 Å². The van der Waals surface area contributed by atoms with Crippen LogP contribution in [0.15, 0.2) is 24.3 Å². The maximum absolute atomic E-state index is 10.5. The molecule has 0 atom stereocenters. The van der Waals surface area contributed by atoms with Gasteiger partial charge in [-0.15, -0.1) is 0 Å². The largest absolute Gasteiger partial charge is 0.333 e. The molecule has 4 nitrogen and oxygen atoms in total. The van der Waals surface area contributed by atoms with Gasteiger partial charge in [-0.2, -0.15) is 0 Å². The van der Waals surface area contributed by atoms with Gasteiger partial charge in [-0.1, -0.05) is 0 Å². The maximum atomic E-state index is 10.5. The van der Waals surface area contributed by atoms with Crippen LogP contribution in [0.1, 0.15) is 0 Å². The lowest BCUT2D eigenvalue weighted by atomic mass is 10.1. The Balaban J connectivity index is 2.94. The molecule has 0 heterocycles. The molecule has 0 amide bonds. The van der Waals surface area contributed by atoms with Crippen molar-refractivity contribution in [1.29, 1.82) is 0 Å². The van der Waals surface area contributed by atoms with Gasteiger partial charge < -0.3 is 0 Å². The maximum Gasteiger partial charge on any atom is 0.333 e. The molecule has 58 valence electrons. The van der Waals surface area contributed by atoms with Gasteiger partial charge in [0.1, 0.15) is 0 Å². The monoisotopic (exact) mass is 173 g/mol. The lowest BCUT2D eigenvalue weighted by molar-refractivity contribution is -0.514. The molecule has 0 aromatic rings. The minimum Gasteiger partial charge on any atom is -0.290 e. The van der Waals surface area contributed by atoms with Crippen LogP contribution in [0.3, 0.4) is 0 Å². The van der Waals surface area contributed by atoms with Crippen molar-refractivity contribution in [3.63, 3.8) is 0 Å². The molecule has 0 unspecified atom stereocenters. The third kappa shape index (κ3) is 1.46. The standard InChI is InChI=1S/C6H4ClNO3/c7-6(8(10)11)3-1-5(9)2-4-6/h1-4H. The number of hydrogen-bond donors (Lipinski definition) is 0. The number of rotatable bonds is 1. The molecular weight excluding hydrogens is 170 g/mol. The predicted octanol–water partition coefficient (Wildman–Crippen LogP) is 0.893. The molecule has 0 aromatic heterocycles. The van der Waals surface area contributed by atoms with Crippen LogP contribution in [-0.2, 0) is 4.79 Å². The van der Waals surface area contributed by atoms with Crippen molar-refractivity contribution in [2.24, 2.45) is 0 Å². The van der Waals surface area contributed by atoms with E-state index in [1.807, 2.05) is 0 Å². The number of nitro groups is 1. The van der Waals surface area contributed by atoms with Gasteiger partial charge in [-0.25, -0.2) is 0 Å². The summed E-state index contributed by atoms with van der Waals surface area (Å²) in [6.45, 7) is 0. The summed E-state index contributed by atoms with van der Waals surface area (Å²) in [6, 6.07) is 0. The first-order chi connectivity index (χ1) is 5.04. The van der Waals surface area contributed by atoms with E-state index >= 15 is 0 Å². The van der Waals surface area contributed by atoms with Gasteiger partial charge >= 0.3 is 5.00 Å². The number of carbonyl (C=O) groups is 1. The Hall–Kier alpha value is -1.16. The molecule has 0 saturated heterocycles. The summed E-state index contributed by atoms with van der Waals surface area (Å²) >= 11 is 5.45. The Kier molecular flexibility index (Phi) is 1.78. The van der Waals surface area contributed by atoms with E-state index in [9.17, 15) is 14.9 Å². The Morgan fingerprint density at radius 2 is 1.91 bits per heavy atom. The van der Waals surface area contributed by atoms with E-state index in [0.717, 1.165) is 24.3 Å². The summed E-state index contributed by atoms with van der Waals surface area (Å²) in [5.74, 6) is -0.289. The molecule has 5 heteroatoms. The second-order valence-corrected chi connectivity index (χ2v) is 2.66. The number of carbonyl (C=O) groups excluding carboxylic acids is 1. The van der Waals surface area contributed by atoms with Crippen LogP contribution in [0.4, 0.5) is 0 Å². The molecule has 0 N–H and O–H groups in total. The topological polar surface area (TPSA) is 60.2 Å². The lowest BCUT2D eigenvalue weighted by Gasteiger charge is -2.10. The van der Waals surface area contributed by atoms with Crippen LogP contribution in [-0.4, -0.2) is 15.7 Å². The summed E-state index contributed by atoms with van der Waals surface area (Å²) in [5, 5.41) is 10.2. The van der Waals surface area contributed by atoms with Crippen LogP contribution in [0.5, 0.6) is 0 Å². The van der Waals surface area contributed by atoms with Crippen molar-refractivity contribution in [3.05, 3.63) is 34.4 Å². The van der Waals surface area contributed by atoms with Crippen molar-refractivity contribution < 1.29 is 9.72 Å². The number of alkyl halides is 1. The summed E-state index contributed by atoms with van der Waals surface area (Å²) in [5.41, 5.74) is 0. The van der Waals surface area contributed by atoms with Crippen molar-refractivity contribution in [2.75, 3.05) is 0 Å². The van der Waals surface area contributed by atoms with Crippen LogP contribution in [0.25, 0.3) is 0 Å². The van der Waals surface area contributed by atoms with E-state index in [2.05, 4.69) is 0 Å². The van der Waals surface area contributed by atoms with E-state index in [4.69, 9.17) is 11.6 Å². The molecule has 0 aromatic carbocycles. The SMILES string of the molecule is O=C1C=CC(Cl)([N+](=O)[O-])C=C1. The van der Waals surface area contributed by atoms with Crippen molar-refractivity contribution in [2.45, 2.75) is 5.00 Å². The molecule has 1 aliphatic rings. The van der Waals surface area contributed by atoms with E-state index < -0.39 is 9.92 Å².